The van der Waals surface area contributed by atoms with Crippen molar-refractivity contribution in [1.29, 1.82) is 0 Å². The fraction of sp³-hybridized carbons (Fsp3) is 0.429. The zero-order valence-corrected chi connectivity index (χ0v) is 10.8. The highest BCUT2D eigenvalue weighted by Crippen LogP contribution is 2.16. The number of thioether (sulfide) groups is 1. The molecular weight excluding hydrogens is 214 g/mol. The van der Waals surface area contributed by atoms with Gasteiger partial charge in [-0.25, -0.2) is 0 Å². The van der Waals surface area contributed by atoms with E-state index in [1.807, 2.05) is 0 Å². The number of terminal acetylenes is 1. The SMILES string of the molecule is C#CCSCCNC(C)c1ccccc1C. The van der Waals surface area contributed by atoms with Gasteiger partial charge in [-0.2, -0.15) is 0 Å². The Balaban J connectivity index is 2.33. The molecule has 0 saturated carbocycles. The van der Waals surface area contributed by atoms with Gasteiger partial charge >= 0.3 is 0 Å². The molecule has 0 aliphatic carbocycles. The second-order valence-electron chi connectivity index (χ2n) is 3.79. The van der Waals surface area contributed by atoms with Crippen molar-refractivity contribution < 1.29 is 0 Å². The predicted octanol–water partition coefficient (Wildman–Crippen LogP) is 3.01. The Hall–Kier alpha value is -0.910. The number of benzene rings is 1. The summed E-state index contributed by atoms with van der Waals surface area (Å²) in [5.41, 5.74) is 2.73. The van der Waals surface area contributed by atoms with Gasteiger partial charge in [0.25, 0.3) is 0 Å². The van der Waals surface area contributed by atoms with E-state index in [1.165, 1.54) is 11.1 Å². The minimum Gasteiger partial charge on any atom is -0.309 e. The third-order valence-corrected chi connectivity index (χ3v) is 3.40. The second-order valence-corrected chi connectivity index (χ2v) is 4.89. The Morgan fingerprint density at radius 1 is 1.44 bits per heavy atom. The van der Waals surface area contributed by atoms with Crippen LogP contribution in [0.2, 0.25) is 0 Å². The topological polar surface area (TPSA) is 12.0 Å². The molecule has 0 saturated heterocycles. The minimum absolute atomic E-state index is 0.410. The number of hydrogen-bond donors (Lipinski definition) is 1. The number of aryl methyl sites for hydroxylation is 1. The maximum absolute atomic E-state index is 5.19. The lowest BCUT2D eigenvalue weighted by Crippen LogP contribution is -2.22. The average molecular weight is 233 g/mol. The summed E-state index contributed by atoms with van der Waals surface area (Å²) in [6, 6.07) is 8.91. The largest absolute Gasteiger partial charge is 0.309 e. The van der Waals surface area contributed by atoms with Crippen LogP contribution in [0.4, 0.5) is 0 Å². The van der Waals surface area contributed by atoms with Crippen molar-refractivity contribution in [3.8, 4) is 12.3 Å². The van der Waals surface area contributed by atoms with Crippen molar-refractivity contribution in [3.63, 3.8) is 0 Å². The Bertz CT molecular complexity index is 354. The fourth-order valence-electron chi connectivity index (χ4n) is 1.66. The summed E-state index contributed by atoms with van der Waals surface area (Å²) in [6.45, 7) is 5.36. The van der Waals surface area contributed by atoms with E-state index in [0.29, 0.717) is 6.04 Å². The molecule has 0 heterocycles. The van der Waals surface area contributed by atoms with Crippen LogP contribution in [0.5, 0.6) is 0 Å². The molecule has 1 unspecified atom stereocenters. The highest BCUT2D eigenvalue weighted by molar-refractivity contribution is 7.99. The van der Waals surface area contributed by atoms with E-state index in [-0.39, 0.29) is 0 Å². The molecule has 1 aromatic carbocycles. The van der Waals surface area contributed by atoms with Gasteiger partial charge in [0.1, 0.15) is 0 Å². The summed E-state index contributed by atoms with van der Waals surface area (Å²) < 4.78 is 0. The molecule has 2 heteroatoms. The minimum atomic E-state index is 0.410. The molecule has 1 rings (SSSR count). The lowest BCUT2D eigenvalue weighted by atomic mass is 10.0. The van der Waals surface area contributed by atoms with Gasteiger partial charge in [-0.15, -0.1) is 18.2 Å². The monoisotopic (exact) mass is 233 g/mol. The first kappa shape index (κ1) is 13.2. The number of hydrogen-bond acceptors (Lipinski definition) is 2. The second kappa shape index (κ2) is 7.38. The van der Waals surface area contributed by atoms with E-state index < -0.39 is 0 Å². The quantitative estimate of drug-likeness (QED) is 0.599. The summed E-state index contributed by atoms with van der Waals surface area (Å²) >= 11 is 1.80. The Morgan fingerprint density at radius 2 is 2.19 bits per heavy atom. The number of nitrogens with one attached hydrogen (secondary N) is 1. The lowest BCUT2D eigenvalue weighted by molar-refractivity contribution is 0.598. The molecule has 0 fully saturated rings. The summed E-state index contributed by atoms with van der Waals surface area (Å²) in [5.74, 6) is 4.51. The van der Waals surface area contributed by atoms with Crippen molar-refractivity contribution in [2.45, 2.75) is 19.9 Å². The molecule has 0 bridgehead atoms. The van der Waals surface area contributed by atoms with E-state index in [2.05, 4.69) is 49.4 Å². The Kier molecular flexibility index (Phi) is 6.07. The van der Waals surface area contributed by atoms with Crippen LogP contribution in [0.3, 0.4) is 0 Å². The highest BCUT2D eigenvalue weighted by Gasteiger charge is 2.05. The van der Waals surface area contributed by atoms with E-state index in [9.17, 15) is 0 Å². The van der Waals surface area contributed by atoms with E-state index in [4.69, 9.17) is 6.42 Å². The van der Waals surface area contributed by atoms with Crippen molar-refractivity contribution in [2.24, 2.45) is 0 Å². The number of rotatable bonds is 6. The Morgan fingerprint density at radius 3 is 2.88 bits per heavy atom. The zero-order chi connectivity index (χ0) is 11.8. The molecule has 0 aromatic heterocycles. The predicted molar refractivity (Wildman–Crippen MR) is 73.8 cm³/mol. The molecule has 1 atom stereocenters. The molecule has 1 aromatic rings. The molecule has 0 amide bonds. The zero-order valence-electron chi connectivity index (χ0n) is 9.99. The molecule has 0 aliphatic rings. The van der Waals surface area contributed by atoms with Crippen molar-refractivity contribution >= 4 is 11.8 Å². The highest BCUT2D eigenvalue weighted by atomic mass is 32.2. The van der Waals surface area contributed by atoms with E-state index in [1.54, 1.807) is 11.8 Å². The maximum Gasteiger partial charge on any atom is 0.0545 e. The third kappa shape index (κ3) is 4.30. The van der Waals surface area contributed by atoms with Crippen molar-refractivity contribution in [2.75, 3.05) is 18.1 Å². The van der Waals surface area contributed by atoms with Crippen molar-refractivity contribution in [1.82, 2.24) is 5.32 Å². The van der Waals surface area contributed by atoms with E-state index in [0.717, 1.165) is 18.1 Å². The third-order valence-electron chi connectivity index (χ3n) is 2.54. The normalized spacial score (nSPS) is 12.1. The molecule has 1 nitrogen and oxygen atoms in total. The molecule has 1 N–H and O–H groups in total. The fourth-order valence-corrected chi connectivity index (χ4v) is 2.19. The van der Waals surface area contributed by atoms with Crippen LogP contribution < -0.4 is 5.32 Å². The van der Waals surface area contributed by atoms with Crippen molar-refractivity contribution in [3.05, 3.63) is 35.4 Å². The van der Waals surface area contributed by atoms with Gasteiger partial charge in [0.05, 0.1) is 5.75 Å². The van der Waals surface area contributed by atoms with Crippen LogP contribution in [0, 0.1) is 19.3 Å². The van der Waals surface area contributed by atoms with Crippen LogP contribution in [0.25, 0.3) is 0 Å². The van der Waals surface area contributed by atoms with Gasteiger partial charge in [0.2, 0.25) is 0 Å². The Labute approximate surface area is 103 Å². The van der Waals surface area contributed by atoms with Crippen LogP contribution in [-0.4, -0.2) is 18.1 Å². The first-order valence-electron chi connectivity index (χ1n) is 5.56. The summed E-state index contributed by atoms with van der Waals surface area (Å²) in [7, 11) is 0. The van der Waals surface area contributed by atoms with Gasteiger partial charge in [-0.1, -0.05) is 30.2 Å². The van der Waals surface area contributed by atoms with Gasteiger partial charge in [0.15, 0.2) is 0 Å². The van der Waals surface area contributed by atoms with Crippen LogP contribution >= 0.6 is 11.8 Å². The molecule has 16 heavy (non-hydrogen) atoms. The van der Waals surface area contributed by atoms with Gasteiger partial charge in [-0.3, -0.25) is 0 Å². The molecular formula is C14H19NS. The van der Waals surface area contributed by atoms with Crippen LogP contribution in [-0.2, 0) is 0 Å². The molecule has 0 spiro atoms. The van der Waals surface area contributed by atoms with E-state index >= 15 is 0 Å². The lowest BCUT2D eigenvalue weighted by Gasteiger charge is -2.16. The van der Waals surface area contributed by atoms with Gasteiger partial charge < -0.3 is 5.32 Å². The summed E-state index contributed by atoms with van der Waals surface area (Å²) in [5, 5.41) is 3.51. The molecule has 0 radical (unpaired) electrons. The van der Waals surface area contributed by atoms with Crippen LogP contribution in [0.1, 0.15) is 24.1 Å². The molecule has 0 aliphatic heterocycles. The summed E-state index contributed by atoms with van der Waals surface area (Å²) in [6.07, 6.45) is 5.19. The maximum atomic E-state index is 5.19. The average Bonchev–Trinajstić information content (AvgIpc) is 2.29. The first-order chi connectivity index (χ1) is 7.75. The molecule has 86 valence electrons. The summed E-state index contributed by atoms with van der Waals surface area (Å²) in [4.78, 5) is 0. The van der Waals surface area contributed by atoms with Crippen LogP contribution in [0.15, 0.2) is 24.3 Å². The standard InChI is InChI=1S/C14H19NS/c1-4-10-16-11-9-15-13(3)14-8-6-5-7-12(14)2/h1,5-8,13,15H,9-11H2,2-3H3. The van der Waals surface area contributed by atoms with Gasteiger partial charge in [0, 0.05) is 18.3 Å². The van der Waals surface area contributed by atoms with Gasteiger partial charge in [-0.05, 0) is 25.0 Å². The first-order valence-corrected chi connectivity index (χ1v) is 6.71. The smallest absolute Gasteiger partial charge is 0.0545 e.